The fourth-order valence-corrected chi connectivity index (χ4v) is 1.07. The van der Waals surface area contributed by atoms with Crippen molar-refractivity contribution in [1.82, 2.24) is 4.98 Å². The topological polar surface area (TPSA) is 68.4 Å². The maximum Gasteiger partial charge on any atom is 0.213 e. The number of pyridine rings is 1. The lowest BCUT2D eigenvalue weighted by atomic mass is 10.2. The summed E-state index contributed by atoms with van der Waals surface area (Å²) >= 11 is 0. The minimum atomic E-state index is -0.715. The normalized spacial score (nSPS) is 12.9. The number of nitrogens with zero attached hydrogens (tertiary/aromatic N) is 1. The second-order valence-corrected chi connectivity index (χ2v) is 3.86. The first kappa shape index (κ1) is 11.9. The highest BCUT2D eigenvalue weighted by molar-refractivity contribution is 5.17. The van der Waals surface area contributed by atoms with E-state index in [1.807, 2.05) is 0 Å². The van der Waals surface area contributed by atoms with E-state index in [1.54, 1.807) is 18.2 Å². The van der Waals surface area contributed by atoms with Crippen molar-refractivity contribution in [3.8, 4) is 5.88 Å². The first-order valence-corrected chi connectivity index (χ1v) is 5.11. The highest BCUT2D eigenvalue weighted by Crippen LogP contribution is 2.14. The molecule has 1 unspecified atom stereocenters. The van der Waals surface area contributed by atoms with Gasteiger partial charge in [-0.3, -0.25) is 0 Å². The number of nitrogens with two attached hydrogens (primary N) is 1. The van der Waals surface area contributed by atoms with Gasteiger partial charge in [-0.05, 0) is 12.0 Å². The van der Waals surface area contributed by atoms with Gasteiger partial charge in [0.25, 0.3) is 0 Å². The van der Waals surface area contributed by atoms with Gasteiger partial charge in [0.2, 0.25) is 5.88 Å². The summed E-state index contributed by atoms with van der Waals surface area (Å²) in [5.41, 5.74) is 5.90. The molecule has 4 heteroatoms. The molecule has 1 aromatic heterocycles. The molecule has 0 amide bonds. The summed E-state index contributed by atoms with van der Waals surface area (Å²) in [6.07, 6.45) is -0.715. The van der Waals surface area contributed by atoms with Gasteiger partial charge in [-0.1, -0.05) is 19.9 Å². The zero-order valence-electron chi connectivity index (χ0n) is 9.18. The van der Waals surface area contributed by atoms with Crippen LogP contribution in [0, 0.1) is 5.92 Å². The van der Waals surface area contributed by atoms with Crippen molar-refractivity contribution in [3.63, 3.8) is 0 Å². The largest absolute Gasteiger partial charge is 0.477 e. The van der Waals surface area contributed by atoms with E-state index in [4.69, 9.17) is 10.5 Å². The van der Waals surface area contributed by atoms with Gasteiger partial charge < -0.3 is 15.6 Å². The zero-order chi connectivity index (χ0) is 11.3. The van der Waals surface area contributed by atoms with Gasteiger partial charge in [-0.25, -0.2) is 4.98 Å². The van der Waals surface area contributed by atoms with Gasteiger partial charge in [0.05, 0.1) is 12.3 Å². The van der Waals surface area contributed by atoms with Crippen molar-refractivity contribution in [1.29, 1.82) is 0 Å². The van der Waals surface area contributed by atoms with E-state index < -0.39 is 6.10 Å². The van der Waals surface area contributed by atoms with Crippen LogP contribution >= 0.6 is 0 Å². The summed E-state index contributed by atoms with van der Waals surface area (Å²) < 4.78 is 5.44. The van der Waals surface area contributed by atoms with E-state index >= 15 is 0 Å². The first-order chi connectivity index (χ1) is 7.13. The van der Waals surface area contributed by atoms with Crippen molar-refractivity contribution < 1.29 is 9.84 Å². The molecule has 0 aromatic carbocycles. The Labute approximate surface area is 90.1 Å². The van der Waals surface area contributed by atoms with Gasteiger partial charge >= 0.3 is 0 Å². The van der Waals surface area contributed by atoms with Crippen molar-refractivity contribution >= 4 is 0 Å². The van der Waals surface area contributed by atoms with Crippen LogP contribution in [0.5, 0.6) is 5.88 Å². The summed E-state index contributed by atoms with van der Waals surface area (Å²) in [6.45, 7) is 4.92. The molecule has 0 bridgehead atoms. The van der Waals surface area contributed by atoms with Crippen molar-refractivity contribution in [3.05, 3.63) is 23.9 Å². The van der Waals surface area contributed by atoms with Gasteiger partial charge in [-0.15, -0.1) is 0 Å². The highest BCUT2D eigenvalue weighted by atomic mass is 16.5. The summed E-state index contributed by atoms with van der Waals surface area (Å²) in [6, 6.07) is 5.31. The Morgan fingerprint density at radius 1 is 1.47 bits per heavy atom. The summed E-state index contributed by atoms with van der Waals surface area (Å²) in [7, 11) is 0. The predicted octanol–water partition coefficient (Wildman–Crippen LogP) is 1.11. The summed E-state index contributed by atoms with van der Waals surface area (Å²) in [5, 5.41) is 9.49. The molecular formula is C11H18N2O2. The molecule has 0 spiro atoms. The molecule has 84 valence electrons. The smallest absolute Gasteiger partial charge is 0.213 e. The molecule has 0 aliphatic heterocycles. The van der Waals surface area contributed by atoms with E-state index in [0.717, 1.165) is 0 Å². The monoisotopic (exact) mass is 210 g/mol. The average molecular weight is 210 g/mol. The fraction of sp³-hybridized carbons (Fsp3) is 0.545. The third kappa shape index (κ3) is 3.85. The Hall–Kier alpha value is -1.13. The van der Waals surface area contributed by atoms with E-state index in [2.05, 4.69) is 18.8 Å². The number of aromatic nitrogens is 1. The fourth-order valence-electron chi connectivity index (χ4n) is 1.07. The Kier molecular flexibility index (Phi) is 4.52. The Morgan fingerprint density at radius 3 is 2.80 bits per heavy atom. The number of rotatable bonds is 5. The number of ether oxygens (including phenoxy) is 1. The lowest BCUT2D eigenvalue weighted by molar-refractivity contribution is 0.179. The van der Waals surface area contributed by atoms with E-state index in [-0.39, 0.29) is 6.54 Å². The van der Waals surface area contributed by atoms with Crippen LogP contribution in [-0.2, 0) is 0 Å². The molecular weight excluding hydrogens is 192 g/mol. The number of aliphatic hydroxyl groups is 1. The summed E-state index contributed by atoms with van der Waals surface area (Å²) in [4.78, 5) is 4.16. The predicted molar refractivity (Wildman–Crippen MR) is 58.6 cm³/mol. The second kappa shape index (κ2) is 5.68. The third-order valence-corrected chi connectivity index (χ3v) is 1.87. The van der Waals surface area contributed by atoms with Gasteiger partial charge in [0.1, 0.15) is 6.10 Å². The van der Waals surface area contributed by atoms with Crippen LogP contribution in [0.1, 0.15) is 25.6 Å². The SMILES string of the molecule is CC(C)COc1cccc(C(O)CN)n1. The molecule has 0 aliphatic carbocycles. The molecule has 1 rings (SSSR count). The number of hydrogen-bond donors (Lipinski definition) is 2. The van der Waals surface area contributed by atoms with Crippen molar-refractivity contribution in [2.24, 2.45) is 11.7 Å². The molecule has 0 fully saturated rings. The lowest BCUT2D eigenvalue weighted by Gasteiger charge is -2.11. The number of hydrogen-bond acceptors (Lipinski definition) is 4. The molecule has 0 radical (unpaired) electrons. The van der Waals surface area contributed by atoms with E-state index in [0.29, 0.717) is 24.1 Å². The van der Waals surface area contributed by atoms with Crippen LogP contribution in [0.4, 0.5) is 0 Å². The van der Waals surface area contributed by atoms with Gasteiger partial charge in [0.15, 0.2) is 0 Å². The minimum absolute atomic E-state index is 0.167. The molecule has 1 aromatic rings. The van der Waals surface area contributed by atoms with E-state index in [1.165, 1.54) is 0 Å². The maximum atomic E-state index is 9.49. The van der Waals surface area contributed by atoms with Gasteiger partial charge in [-0.2, -0.15) is 0 Å². The van der Waals surface area contributed by atoms with Crippen LogP contribution in [0.3, 0.4) is 0 Å². The first-order valence-electron chi connectivity index (χ1n) is 5.11. The molecule has 0 saturated heterocycles. The van der Waals surface area contributed by atoms with Crippen LogP contribution < -0.4 is 10.5 Å². The summed E-state index contributed by atoms with van der Waals surface area (Å²) in [5.74, 6) is 0.989. The van der Waals surface area contributed by atoms with Gasteiger partial charge in [0, 0.05) is 12.6 Å². The third-order valence-electron chi connectivity index (χ3n) is 1.87. The molecule has 0 saturated carbocycles. The molecule has 4 nitrogen and oxygen atoms in total. The Morgan fingerprint density at radius 2 is 2.20 bits per heavy atom. The molecule has 3 N–H and O–H groups in total. The van der Waals surface area contributed by atoms with Crippen molar-refractivity contribution in [2.45, 2.75) is 20.0 Å². The zero-order valence-corrected chi connectivity index (χ0v) is 9.18. The van der Waals surface area contributed by atoms with Crippen LogP contribution in [0.15, 0.2) is 18.2 Å². The quantitative estimate of drug-likeness (QED) is 0.764. The van der Waals surface area contributed by atoms with Crippen LogP contribution in [0.25, 0.3) is 0 Å². The molecule has 0 aliphatic rings. The lowest BCUT2D eigenvalue weighted by Crippen LogP contribution is -2.13. The Bertz CT molecular complexity index is 302. The standard InChI is InChI=1S/C11H18N2O2/c1-8(2)7-15-11-5-3-4-9(13-11)10(14)6-12/h3-5,8,10,14H,6-7,12H2,1-2H3. The van der Waals surface area contributed by atoms with Crippen molar-refractivity contribution in [2.75, 3.05) is 13.2 Å². The highest BCUT2D eigenvalue weighted by Gasteiger charge is 2.07. The van der Waals surface area contributed by atoms with Crippen LogP contribution in [-0.4, -0.2) is 23.2 Å². The van der Waals surface area contributed by atoms with Crippen LogP contribution in [0.2, 0.25) is 0 Å². The minimum Gasteiger partial charge on any atom is -0.477 e. The molecule has 15 heavy (non-hydrogen) atoms. The number of aliphatic hydroxyl groups excluding tert-OH is 1. The molecule has 1 heterocycles. The average Bonchev–Trinajstić information content (AvgIpc) is 2.25. The Balaban J connectivity index is 2.65. The molecule has 1 atom stereocenters. The van der Waals surface area contributed by atoms with E-state index in [9.17, 15) is 5.11 Å². The maximum absolute atomic E-state index is 9.49. The second-order valence-electron chi connectivity index (χ2n) is 3.86.